The van der Waals surface area contributed by atoms with Gasteiger partial charge in [0.05, 0.1) is 23.9 Å². The lowest BCUT2D eigenvalue weighted by molar-refractivity contribution is -0.116. The summed E-state index contributed by atoms with van der Waals surface area (Å²) in [6.07, 6.45) is 5.18. The van der Waals surface area contributed by atoms with Crippen LogP contribution in [0.1, 0.15) is 16.8 Å². The van der Waals surface area contributed by atoms with Crippen LogP contribution in [0.15, 0.2) is 71.6 Å². The molecule has 1 amide bonds. The van der Waals surface area contributed by atoms with Crippen LogP contribution in [0.4, 0.5) is 5.82 Å². The number of nitrogens with one attached hydrogen (secondary N) is 1. The highest BCUT2D eigenvalue weighted by atomic mass is 16.3. The quantitative estimate of drug-likeness (QED) is 0.440. The van der Waals surface area contributed by atoms with Crippen LogP contribution in [0.2, 0.25) is 0 Å². The summed E-state index contributed by atoms with van der Waals surface area (Å²) in [7, 11) is 0. The lowest BCUT2D eigenvalue weighted by Crippen LogP contribution is -2.20. The van der Waals surface area contributed by atoms with Gasteiger partial charge in [0.15, 0.2) is 11.5 Å². The Morgan fingerprint density at radius 2 is 1.91 bits per heavy atom. The molecule has 0 saturated carbocycles. The van der Waals surface area contributed by atoms with Crippen molar-refractivity contribution < 1.29 is 9.21 Å². The van der Waals surface area contributed by atoms with Gasteiger partial charge in [0.2, 0.25) is 5.91 Å². The van der Waals surface area contributed by atoms with Gasteiger partial charge < -0.3 is 9.73 Å². The molecule has 0 fully saturated rings. The van der Waals surface area contributed by atoms with E-state index in [9.17, 15) is 4.79 Å². The summed E-state index contributed by atoms with van der Waals surface area (Å²) in [4.78, 5) is 17.1. The molecule has 0 aliphatic carbocycles. The zero-order valence-corrected chi connectivity index (χ0v) is 17.8. The van der Waals surface area contributed by atoms with Crippen molar-refractivity contribution in [2.45, 2.75) is 26.9 Å². The molecule has 0 bridgehead atoms. The Morgan fingerprint density at radius 3 is 2.69 bits per heavy atom. The van der Waals surface area contributed by atoms with Gasteiger partial charge in [-0.25, -0.2) is 9.67 Å². The second-order valence-electron chi connectivity index (χ2n) is 7.71. The van der Waals surface area contributed by atoms with Gasteiger partial charge in [-0.05, 0) is 37.6 Å². The van der Waals surface area contributed by atoms with Crippen molar-refractivity contribution in [1.82, 2.24) is 24.5 Å². The summed E-state index contributed by atoms with van der Waals surface area (Å²) >= 11 is 0. The average Bonchev–Trinajstić information content (AvgIpc) is 3.52. The predicted molar refractivity (Wildman–Crippen MR) is 121 cm³/mol. The van der Waals surface area contributed by atoms with Gasteiger partial charge in [-0.3, -0.25) is 9.48 Å². The lowest BCUT2D eigenvalue weighted by Gasteiger charge is -2.05. The molecule has 0 atom stereocenters. The van der Waals surface area contributed by atoms with Crippen molar-refractivity contribution >= 4 is 22.8 Å². The minimum Gasteiger partial charge on any atom is -0.464 e. The highest BCUT2D eigenvalue weighted by Gasteiger charge is 2.17. The topological polar surface area (TPSA) is 90.8 Å². The van der Waals surface area contributed by atoms with Crippen LogP contribution in [0.5, 0.6) is 0 Å². The van der Waals surface area contributed by atoms with E-state index in [-0.39, 0.29) is 12.5 Å². The molecule has 0 aliphatic heterocycles. The van der Waals surface area contributed by atoms with Gasteiger partial charge in [0.25, 0.3) is 0 Å². The van der Waals surface area contributed by atoms with Crippen LogP contribution in [0, 0.1) is 13.8 Å². The number of aromatic nitrogens is 5. The molecule has 8 nitrogen and oxygen atoms in total. The number of amides is 1. The monoisotopic (exact) mass is 426 g/mol. The smallest absolute Gasteiger partial charge is 0.247 e. The summed E-state index contributed by atoms with van der Waals surface area (Å²) < 4.78 is 8.95. The van der Waals surface area contributed by atoms with Gasteiger partial charge in [-0.15, -0.1) is 0 Å². The van der Waals surface area contributed by atoms with E-state index in [4.69, 9.17) is 4.42 Å². The third kappa shape index (κ3) is 3.90. The molecule has 5 rings (SSSR count). The van der Waals surface area contributed by atoms with E-state index < -0.39 is 0 Å². The molecule has 4 heterocycles. The van der Waals surface area contributed by atoms with Crippen LogP contribution >= 0.6 is 0 Å². The molecule has 1 N–H and O–H groups in total. The summed E-state index contributed by atoms with van der Waals surface area (Å²) in [5.74, 6) is 1.02. The van der Waals surface area contributed by atoms with E-state index in [1.165, 1.54) is 5.56 Å². The van der Waals surface area contributed by atoms with Crippen molar-refractivity contribution in [3.8, 4) is 11.3 Å². The molecule has 0 unspecified atom stereocenters. The molecule has 32 heavy (non-hydrogen) atoms. The Balaban J connectivity index is 1.31. The number of pyridine rings is 1. The molecule has 0 saturated heterocycles. The molecule has 8 heteroatoms. The molecule has 4 aromatic heterocycles. The summed E-state index contributed by atoms with van der Waals surface area (Å²) in [6, 6.07) is 15.7. The summed E-state index contributed by atoms with van der Waals surface area (Å²) in [6.45, 7) is 4.63. The molecule has 5 aromatic rings. The first kappa shape index (κ1) is 19.7. The van der Waals surface area contributed by atoms with E-state index in [1.54, 1.807) is 27.9 Å². The van der Waals surface area contributed by atoms with Crippen LogP contribution in [0.25, 0.3) is 22.4 Å². The SMILES string of the molecule is Cc1ccc(Cn2ccc(NC(=O)Cn3nc(C)c4c(-c5ccco5)ccnc43)n2)cc1. The second-order valence-corrected chi connectivity index (χ2v) is 7.71. The number of furan rings is 1. The summed E-state index contributed by atoms with van der Waals surface area (Å²) in [5.41, 5.74) is 4.69. The fraction of sp³-hybridized carbons (Fsp3) is 0.167. The van der Waals surface area contributed by atoms with E-state index >= 15 is 0 Å². The van der Waals surface area contributed by atoms with E-state index in [0.29, 0.717) is 18.0 Å². The molecule has 0 radical (unpaired) electrons. The number of anilines is 1. The number of carbonyl (C=O) groups is 1. The Hall–Kier alpha value is -4.20. The van der Waals surface area contributed by atoms with Crippen molar-refractivity contribution in [3.63, 3.8) is 0 Å². The van der Waals surface area contributed by atoms with Crippen molar-refractivity contribution in [1.29, 1.82) is 0 Å². The normalized spacial score (nSPS) is 11.2. The van der Waals surface area contributed by atoms with Gasteiger partial charge in [0, 0.05) is 24.0 Å². The maximum Gasteiger partial charge on any atom is 0.247 e. The Labute approximate surface area is 184 Å². The predicted octanol–water partition coefficient (Wildman–Crippen LogP) is 4.19. The first-order chi connectivity index (χ1) is 15.6. The third-order valence-electron chi connectivity index (χ3n) is 5.26. The Morgan fingerprint density at radius 1 is 1.06 bits per heavy atom. The standard InChI is InChI=1S/C24H22N6O2/c1-16-5-7-18(8-6-16)14-29-12-10-21(28-29)26-22(31)15-30-24-23(17(2)27-30)19(9-11-25-24)20-4-3-13-32-20/h3-13H,14-15H2,1-2H3,(H,26,28,31). The number of hydrogen-bond acceptors (Lipinski definition) is 5. The van der Waals surface area contributed by atoms with Gasteiger partial charge in [0.1, 0.15) is 12.3 Å². The number of nitrogens with zero attached hydrogens (tertiary/aromatic N) is 5. The Bertz CT molecular complexity index is 1380. The number of benzene rings is 1. The van der Waals surface area contributed by atoms with Gasteiger partial charge in [-0.1, -0.05) is 29.8 Å². The minimum absolute atomic E-state index is 0.0315. The maximum atomic E-state index is 12.7. The number of fused-ring (bicyclic) bond motifs is 1. The zero-order chi connectivity index (χ0) is 22.1. The first-order valence-corrected chi connectivity index (χ1v) is 10.3. The number of carbonyl (C=O) groups excluding carboxylic acids is 1. The van der Waals surface area contributed by atoms with E-state index in [2.05, 4.69) is 51.7 Å². The Kier molecular flexibility index (Phi) is 5.03. The maximum absolute atomic E-state index is 12.7. The van der Waals surface area contributed by atoms with Crippen molar-refractivity contribution in [2.24, 2.45) is 0 Å². The molecule has 1 aromatic carbocycles. The highest BCUT2D eigenvalue weighted by Crippen LogP contribution is 2.30. The molecular formula is C24H22N6O2. The molecule has 160 valence electrons. The lowest BCUT2D eigenvalue weighted by atomic mass is 10.1. The van der Waals surface area contributed by atoms with Crippen molar-refractivity contribution in [3.05, 3.63) is 84.0 Å². The largest absolute Gasteiger partial charge is 0.464 e. The second kappa shape index (κ2) is 8.14. The highest BCUT2D eigenvalue weighted by molar-refractivity contribution is 5.95. The zero-order valence-electron chi connectivity index (χ0n) is 17.8. The molecular weight excluding hydrogens is 404 g/mol. The molecule has 0 aliphatic rings. The first-order valence-electron chi connectivity index (χ1n) is 10.3. The number of hydrogen-bond donors (Lipinski definition) is 1. The van der Waals surface area contributed by atoms with Crippen LogP contribution in [0.3, 0.4) is 0 Å². The van der Waals surface area contributed by atoms with E-state index in [0.717, 1.165) is 28.0 Å². The number of aryl methyl sites for hydroxylation is 2. The van der Waals surface area contributed by atoms with E-state index in [1.807, 2.05) is 31.3 Å². The van der Waals surface area contributed by atoms with Crippen LogP contribution < -0.4 is 5.32 Å². The van der Waals surface area contributed by atoms with Gasteiger partial charge in [-0.2, -0.15) is 10.2 Å². The van der Waals surface area contributed by atoms with Crippen LogP contribution in [-0.4, -0.2) is 30.5 Å². The van der Waals surface area contributed by atoms with Crippen molar-refractivity contribution in [2.75, 3.05) is 5.32 Å². The fourth-order valence-electron chi connectivity index (χ4n) is 3.74. The van der Waals surface area contributed by atoms with Crippen LogP contribution in [-0.2, 0) is 17.9 Å². The summed E-state index contributed by atoms with van der Waals surface area (Å²) in [5, 5.41) is 12.7. The fourth-order valence-corrected chi connectivity index (χ4v) is 3.74. The molecule has 0 spiro atoms. The minimum atomic E-state index is -0.222. The van der Waals surface area contributed by atoms with Gasteiger partial charge >= 0.3 is 0 Å². The number of rotatable bonds is 6. The third-order valence-corrected chi connectivity index (χ3v) is 5.26. The average molecular weight is 426 g/mol.